The van der Waals surface area contributed by atoms with Crippen LogP contribution in [0.5, 0.6) is 5.75 Å². The molecule has 0 radical (unpaired) electrons. The first-order valence-corrected chi connectivity index (χ1v) is 11.9. The van der Waals surface area contributed by atoms with Crippen molar-refractivity contribution in [2.24, 2.45) is 5.92 Å². The van der Waals surface area contributed by atoms with E-state index in [4.69, 9.17) is 4.74 Å². The van der Waals surface area contributed by atoms with Crippen LogP contribution in [0.25, 0.3) is 0 Å². The number of hydrogen-bond donors (Lipinski definition) is 2. The Morgan fingerprint density at radius 2 is 1.65 bits per heavy atom. The Morgan fingerprint density at radius 1 is 1.06 bits per heavy atom. The number of phenols is 1. The van der Waals surface area contributed by atoms with E-state index in [9.17, 15) is 9.90 Å². The van der Waals surface area contributed by atoms with Crippen molar-refractivity contribution in [1.29, 1.82) is 0 Å². The SMILES string of the molecule is CC(C)(C)c1cc(CN2CCC(C(=O)NC[C@H]3CCCO3)CC2)cc(C(C)(C)C)c1O. The number of carbonyl (C=O) groups is 1. The number of phenolic OH excluding ortho intramolecular Hbond substituents is 1. The molecule has 1 amide bonds. The average molecular weight is 431 g/mol. The van der Waals surface area contributed by atoms with Crippen LogP contribution in [0.4, 0.5) is 0 Å². The number of likely N-dealkylation sites (tertiary alicyclic amines) is 1. The fourth-order valence-corrected chi connectivity index (χ4v) is 4.70. The van der Waals surface area contributed by atoms with Gasteiger partial charge in [-0.1, -0.05) is 53.7 Å². The summed E-state index contributed by atoms with van der Waals surface area (Å²) in [6, 6.07) is 4.34. The van der Waals surface area contributed by atoms with Crippen LogP contribution in [0.1, 0.15) is 83.9 Å². The quantitative estimate of drug-likeness (QED) is 0.722. The largest absolute Gasteiger partial charge is 0.507 e. The number of nitrogens with zero attached hydrogens (tertiary/aromatic N) is 1. The third kappa shape index (κ3) is 6.23. The molecule has 5 heteroatoms. The summed E-state index contributed by atoms with van der Waals surface area (Å²) in [5.74, 6) is 0.725. The van der Waals surface area contributed by atoms with Gasteiger partial charge in [0.1, 0.15) is 5.75 Å². The van der Waals surface area contributed by atoms with Crippen molar-refractivity contribution in [3.63, 3.8) is 0 Å². The van der Waals surface area contributed by atoms with E-state index in [0.29, 0.717) is 12.3 Å². The van der Waals surface area contributed by atoms with Crippen LogP contribution >= 0.6 is 0 Å². The molecular formula is C26H42N2O3. The standard InChI is InChI=1S/C26H42N2O3/c1-25(2,3)21-14-18(15-22(23(21)29)26(4,5)6)17-28-11-9-19(10-12-28)24(30)27-16-20-8-7-13-31-20/h14-15,19-20,29H,7-13,16-17H2,1-6H3,(H,27,30)/t20-/m1/s1. The van der Waals surface area contributed by atoms with Gasteiger partial charge in [-0.15, -0.1) is 0 Å². The van der Waals surface area contributed by atoms with Gasteiger partial charge in [0.2, 0.25) is 5.91 Å². The lowest BCUT2D eigenvalue weighted by atomic mass is 9.78. The van der Waals surface area contributed by atoms with Gasteiger partial charge in [0.25, 0.3) is 0 Å². The Balaban J connectivity index is 1.61. The first kappa shape index (κ1) is 24.1. The molecule has 0 saturated carbocycles. The molecule has 0 aliphatic carbocycles. The maximum Gasteiger partial charge on any atom is 0.223 e. The highest BCUT2D eigenvalue weighted by atomic mass is 16.5. The number of amides is 1. The normalized spacial score (nSPS) is 21.4. The van der Waals surface area contributed by atoms with E-state index in [2.05, 4.69) is 63.9 Å². The molecule has 0 unspecified atom stereocenters. The number of nitrogens with one attached hydrogen (secondary N) is 1. The van der Waals surface area contributed by atoms with Crippen molar-refractivity contribution < 1.29 is 14.6 Å². The molecule has 2 fully saturated rings. The molecule has 31 heavy (non-hydrogen) atoms. The van der Waals surface area contributed by atoms with E-state index in [1.54, 1.807) is 0 Å². The van der Waals surface area contributed by atoms with Crippen molar-refractivity contribution in [3.05, 3.63) is 28.8 Å². The van der Waals surface area contributed by atoms with Crippen molar-refractivity contribution in [2.45, 2.75) is 90.7 Å². The number of benzene rings is 1. The van der Waals surface area contributed by atoms with Crippen LogP contribution in [0.15, 0.2) is 12.1 Å². The first-order chi connectivity index (χ1) is 14.4. The van der Waals surface area contributed by atoms with Crippen LogP contribution in [-0.2, 0) is 26.9 Å². The Labute approximate surface area is 188 Å². The fraction of sp³-hybridized carbons (Fsp3) is 0.731. The van der Waals surface area contributed by atoms with Gasteiger partial charge in [-0.2, -0.15) is 0 Å². The highest BCUT2D eigenvalue weighted by Gasteiger charge is 2.29. The summed E-state index contributed by atoms with van der Waals surface area (Å²) in [6.45, 7) is 17.1. The first-order valence-electron chi connectivity index (χ1n) is 11.9. The van der Waals surface area contributed by atoms with E-state index in [1.165, 1.54) is 5.56 Å². The lowest BCUT2D eigenvalue weighted by Crippen LogP contribution is -2.42. The molecule has 0 spiro atoms. The molecule has 3 rings (SSSR count). The highest BCUT2D eigenvalue weighted by Crippen LogP contribution is 2.40. The number of aromatic hydroxyl groups is 1. The molecule has 174 valence electrons. The molecule has 2 heterocycles. The number of hydrogen-bond acceptors (Lipinski definition) is 4. The van der Waals surface area contributed by atoms with Gasteiger partial charge >= 0.3 is 0 Å². The Hall–Kier alpha value is -1.59. The van der Waals surface area contributed by atoms with Gasteiger partial charge in [-0.25, -0.2) is 0 Å². The van der Waals surface area contributed by atoms with Crippen LogP contribution < -0.4 is 5.32 Å². The van der Waals surface area contributed by atoms with E-state index in [0.717, 1.165) is 63.1 Å². The van der Waals surface area contributed by atoms with Crippen LogP contribution in [-0.4, -0.2) is 48.3 Å². The second kappa shape index (κ2) is 9.50. The maximum atomic E-state index is 12.6. The van der Waals surface area contributed by atoms with Crippen molar-refractivity contribution in [2.75, 3.05) is 26.2 Å². The van der Waals surface area contributed by atoms with E-state index in [1.807, 2.05) is 0 Å². The fourth-order valence-electron chi connectivity index (χ4n) is 4.70. The van der Waals surface area contributed by atoms with Crippen molar-refractivity contribution in [1.82, 2.24) is 10.2 Å². The van der Waals surface area contributed by atoms with Crippen LogP contribution in [0, 0.1) is 5.92 Å². The second-order valence-electron chi connectivity index (χ2n) is 11.5. The zero-order chi connectivity index (χ0) is 22.8. The van der Waals surface area contributed by atoms with Crippen molar-refractivity contribution >= 4 is 5.91 Å². The minimum atomic E-state index is -0.117. The van der Waals surface area contributed by atoms with Gasteiger partial charge in [-0.05, 0) is 66.3 Å². The molecule has 5 nitrogen and oxygen atoms in total. The minimum Gasteiger partial charge on any atom is -0.507 e. The Kier molecular flexibility index (Phi) is 7.37. The average Bonchev–Trinajstić information content (AvgIpc) is 3.20. The molecular weight excluding hydrogens is 388 g/mol. The molecule has 1 aromatic carbocycles. The summed E-state index contributed by atoms with van der Waals surface area (Å²) in [4.78, 5) is 15.0. The summed E-state index contributed by atoms with van der Waals surface area (Å²) < 4.78 is 5.61. The molecule has 1 atom stereocenters. The van der Waals surface area contributed by atoms with Gasteiger partial charge in [0, 0.05) is 25.6 Å². The third-order valence-electron chi connectivity index (χ3n) is 6.68. The smallest absolute Gasteiger partial charge is 0.223 e. The lowest BCUT2D eigenvalue weighted by Gasteiger charge is -2.33. The van der Waals surface area contributed by atoms with Gasteiger partial charge in [0.15, 0.2) is 0 Å². The summed E-state index contributed by atoms with van der Waals surface area (Å²) in [6.07, 6.45) is 4.15. The molecule has 2 saturated heterocycles. The molecule has 2 N–H and O–H groups in total. The van der Waals surface area contributed by atoms with Gasteiger partial charge < -0.3 is 15.2 Å². The summed E-state index contributed by atoms with van der Waals surface area (Å²) in [5, 5.41) is 14.1. The monoisotopic (exact) mass is 430 g/mol. The van der Waals surface area contributed by atoms with Crippen LogP contribution in [0.2, 0.25) is 0 Å². The number of ether oxygens (including phenoxy) is 1. The molecule has 0 aromatic heterocycles. The summed E-state index contributed by atoms with van der Waals surface area (Å²) >= 11 is 0. The highest BCUT2D eigenvalue weighted by molar-refractivity contribution is 5.78. The number of piperidine rings is 1. The van der Waals surface area contributed by atoms with E-state index in [-0.39, 0.29) is 28.8 Å². The zero-order valence-electron chi connectivity index (χ0n) is 20.4. The predicted octanol–water partition coefficient (Wildman–Crippen LogP) is 4.49. The topological polar surface area (TPSA) is 61.8 Å². The minimum absolute atomic E-state index is 0.104. The number of carbonyl (C=O) groups excluding carboxylic acids is 1. The van der Waals surface area contributed by atoms with Gasteiger partial charge in [-0.3, -0.25) is 9.69 Å². The molecule has 1 aromatic rings. The summed E-state index contributed by atoms with van der Waals surface area (Å²) in [7, 11) is 0. The van der Waals surface area contributed by atoms with Crippen LogP contribution in [0.3, 0.4) is 0 Å². The lowest BCUT2D eigenvalue weighted by molar-refractivity contribution is -0.127. The van der Waals surface area contributed by atoms with E-state index < -0.39 is 0 Å². The van der Waals surface area contributed by atoms with E-state index >= 15 is 0 Å². The maximum absolute atomic E-state index is 12.6. The van der Waals surface area contributed by atoms with Gasteiger partial charge in [0.05, 0.1) is 6.10 Å². The zero-order valence-corrected chi connectivity index (χ0v) is 20.4. The van der Waals surface area contributed by atoms with Crippen molar-refractivity contribution in [3.8, 4) is 5.75 Å². The predicted molar refractivity (Wildman–Crippen MR) is 125 cm³/mol. The summed E-state index contributed by atoms with van der Waals surface area (Å²) in [5.41, 5.74) is 3.04. The Bertz CT molecular complexity index is 727. The number of rotatable bonds is 5. The molecule has 0 bridgehead atoms. The second-order valence-corrected chi connectivity index (χ2v) is 11.5. The molecule has 2 aliphatic rings. The third-order valence-corrected chi connectivity index (χ3v) is 6.68. The Morgan fingerprint density at radius 3 is 2.13 bits per heavy atom. The molecule has 2 aliphatic heterocycles.